The summed E-state index contributed by atoms with van der Waals surface area (Å²) in [6, 6.07) is 14.9. The van der Waals surface area contributed by atoms with Crippen molar-refractivity contribution in [2.45, 2.75) is 25.2 Å². The van der Waals surface area contributed by atoms with Crippen LogP contribution in [0.25, 0.3) is 0 Å². The highest BCUT2D eigenvalue weighted by molar-refractivity contribution is 6.30. The minimum absolute atomic E-state index is 0.181. The number of rotatable bonds is 4. The van der Waals surface area contributed by atoms with Gasteiger partial charge >= 0.3 is 6.18 Å². The van der Waals surface area contributed by atoms with Crippen LogP contribution in [0.1, 0.15) is 16.7 Å². The molecule has 0 radical (unpaired) electrons. The van der Waals surface area contributed by atoms with Crippen molar-refractivity contribution >= 4 is 28.9 Å². The zero-order valence-electron chi connectivity index (χ0n) is 18.8. The number of fused-ring (bicyclic) bond motifs is 3. The Labute approximate surface area is 206 Å². The third kappa shape index (κ3) is 4.93. The Morgan fingerprint density at radius 1 is 1.11 bits per heavy atom. The van der Waals surface area contributed by atoms with Crippen molar-refractivity contribution in [3.8, 4) is 0 Å². The molecule has 1 aromatic heterocycles. The van der Waals surface area contributed by atoms with Gasteiger partial charge in [0.25, 0.3) is 0 Å². The van der Waals surface area contributed by atoms with Gasteiger partial charge in [-0.05, 0) is 60.0 Å². The first-order valence-electron chi connectivity index (χ1n) is 11.4. The molecule has 3 aromatic rings. The zero-order valence-corrected chi connectivity index (χ0v) is 19.6. The van der Waals surface area contributed by atoms with Gasteiger partial charge < -0.3 is 15.1 Å². The predicted octanol–water partition coefficient (Wildman–Crippen LogP) is 4.94. The molecule has 2 aliphatic rings. The molecule has 0 spiro atoms. The lowest BCUT2D eigenvalue weighted by Crippen LogP contribution is -2.61. The summed E-state index contributed by atoms with van der Waals surface area (Å²) < 4.78 is 40.2. The second-order valence-corrected chi connectivity index (χ2v) is 9.35. The highest BCUT2D eigenvalue weighted by Crippen LogP contribution is 2.40. The topological polar surface area (TPSA) is 48.5 Å². The molecule has 1 saturated heterocycles. The van der Waals surface area contributed by atoms with Gasteiger partial charge in [-0.2, -0.15) is 13.2 Å². The van der Waals surface area contributed by atoms with Crippen LogP contribution in [0.4, 0.5) is 24.5 Å². The maximum absolute atomic E-state index is 13.4. The van der Waals surface area contributed by atoms with E-state index >= 15 is 0 Å². The minimum Gasteiger partial charge on any atom is -0.368 e. The van der Waals surface area contributed by atoms with Crippen LogP contribution in [0.3, 0.4) is 0 Å². The van der Waals surface area contributed by atoms with Gasteiger partial charge in [-0.25, -0.2) is 0 Å². The fourth-order valence-corrected chi connectivity index (χ4v) is 5.21. The summed E-state index contributed by atoms with van der Waals surface area (Å²) >= 11 is 6.20. The van der Waals surface area contributed by atoms with E-state index in [-0.39, 0.29) is 18.4 Å². The minimum atomic E-state index is -4.44. The number of hydrogen-bond acceptors (Lipinski definition) is 4. The van der Waals surface area contributed by atoms with E-state index in [0.717, 1.165) is 23.0 Å². The Bertz CT molecular complexity index is 1220. The summed E-state index contributed by atoms with van der Waals surface area (Å²) in [6.07, 6.45) is -0.857. The van der Waals surface area contributed by atoms with Crippen LogP contribution in [0.5, 0.6) is 0 Å². The highest BCUT2D eigenvalue weighted by Gasteiger charge is 2.42. The smallest absolute Gasteiger partial charge is 0.368 e. The third-order valence-corrected chi connectivity index (χ3v) is 6.97. The summed E-state index contributed by atoms with van der Waals surface area (Å²) in [4.78, 5) is 21.7. The normalized spacial score (nSPS) is 19.7. The zero-order chi connectivity index (χ0) is 24.6. The fraction of sp³-hybridized carbons (Fsp3) is 0.308. The fourth-order valence-electron chi connectivity index (χ4n) is 5.03. The summed E-state index contributed by atoms with van der Waals surface area (Å²) in [5.41, 5.74) is 2.45. The lowest BCUT2D eigenvalue weighted by atomic mass is 9.82. The van der Waals surface area contributed by atoms with E-state index in [4.69, 9.17) is 11.6 Å². The Balaban J connectivity index is 1.45. The Morgan fingerprint density at radius 2 is 1.97 bits per heavy atom. The third-order valence-electron chi connectivity index (χ3n) is 6.74. The van der Waals surface area contributed by atoms with E-state index in [2.05, 4.69) is 20.1 Å². The van der Waals surface area contributed by atoms with Crippen molar-refractivity contribution in [2.75, 3.05) is 29.4 Å². The molecule has 2 atom stereocenters. The number of benzene rings is 2. The quantitative estimate of drug-likeness (QED) is 0.551. The summed E-state index contributed by atoms with van der Waals surface area (Å²) in [5, 5.41) is 3.60. The molecular formula is C26H24ClF3N4O. The molecule has 2 unspecified atom stereocenters. The molecule has 1 fully saturated rings. The SMILES string of the molecule is O=C(NCc1cccnc1)C1Cc2cc(C(F)(F)F)ccc2N2CCN(c3cccc(Cl)c3)CC12. The predicted molar refractivity (Wildman–Crippen MR) is 130 cm³/mol. The van der Waals surface area contributed by atoms with Crippen LogP contribution in [-0.4, -0.2) is 36.6 Å². The molecule has 35 heavy (non-hydrogen) atoms. The van der Waals surface area contributed by atoms with Crippen LogP contribution < -0.4 is 15.1 Å². The number of aromatic nitrogens is 1. The molecule has 2 aliphatic heterocycles. The second-order valence-electron chi connectivity index (χ2n) is 8.92. The van der Waals surface area contributed by atoms with E-state index in [1.165, 1.54) is 6.07 Å². The number of pyridine rings is 1. The molecule has 3 heterocycles. The molecule has 1 amide bonds. The molecule has 0 saturated carbocycles. The average molecular weight is 501 g/mol. The molecule has 2 aromatic carbocycles. The summed E-state index contributed by atoms with van der Waals surface area (Å²) in [6.45, 7) is 2.12. The summed E-state index contributed by atoms with van der Waals surface area (Å²) in [7, 11) is 0. The van der Waals surface area contributed by atoms with Crippen molar-refractivity contribution in [3.05, 3.63) is 88.7 Å². The summed E-state index contributed by atoms with van der Waals surface area (Å²) in [5.74, 6) is -0.690. The van der Waals surface area contributed by atoms with Crippen molar-refractivity contribution in [1.29, 1.82) is 0 Å². The number of alkyl halides is 3. The molecule has 5 nitrogen and oxygen atoms in total. The van der Waals surface area contributed by atoms with Crippen molar-refractivity contribution < 1.29 is 18.0 Å². The number of anilines is 2. The number of piperazine rings is 1. The van der Waals surface area contributed by atoms with Gasteiger partial charge in [0.2, 0.25) is 5.91 Å². The maximum Gasteiger partial charge on any atom is 0.416 e. The monoisotopic (exact) mass is 500 g/mol. The van der Waals surface area contributed by atoms with Crippen LogP contribution in [-0.2, 0) is 23.9 Å². The van der Waals surface area contributed by atoms with Crippen LogP contribution in [0.15, 0.2) is 67.0 Å². The molecule has 9 heteroatoms. The number of halogens is 4. The first-order valence-corrected chi connectivity index (χ1v) is 11.8. The van der Waals surface area contributed by atoms with E-state index in [0.29, 0.717) is 36.8 Å². The number of amides is 1. The largest absolute Gasteiger partial charge is 0.416 e. The lowest BCUT2D eigenvalue weighted by molar-refractivity contribution is -0.137. The number of nitrogens with zero attached hydrogens (tertiary/aromatic N) is 3. The molecule has 182 valence electrons. The Kier molecular flexibility index (Phi) is 6.32. The van der Waals surface area contributed by atoms with Gasteiger partial charge in [-0.3, -0.25) is 9.78 Å². The first-order chi connectivity index (χ1) is 16.8. The molecule has 0 bridgehead atoms. The van der Waals surface area contributed by atoms with E-state index in [9.17, 15) is 18.0 Å². The Hall–Kier alpha value is -3.26. The molecule has 0 aliphatic carbocycles. The van der Waals surface area contributed by atoms with Gasteiger partial charge in [0, 0.05) is 55.0 Å². The van der Waals surface area contributed by atoms with Crippen LogP contribution >= 0.6 is 11.6 Å². The number of nitrogens with one attached hydrogen (secondary N) is 1. The highest BCUT2D eigenvalue weighted by atomic mass is 35.5. The van der Waals surface area contributed by atoms with Gasteiger partial charge in [0.15, 0.2) is 0 Å². The number of carbonyl (C=O) groups excluding carboxylic acids is 1. The number of carbonyl (C=O) groups is 1. The average Bonchev–Trinajstić information content (AvgIpc) is 2.86. The van der Waals surface area contributed by atoms with Crippen molar-refractivity contribution in [2.24, 2.45) is 5.92 Å². The van der Waals surface area contributed by atoms with Gasteiger partial charge in [-0.15, -0.1) is 0 Å². The lowest BCUT2D eigenvalue weighted by Gasteiger charge is -2.49. The second kappa shape index (κ2) is 9.41. The van der Waals surface area contributed by atoms with E-state index in [1.807, 2.05) is 30.3 Å². The van der Waals surface area contributed by atoms with Gasteiger partial charge in [0.05, 0.1) is 17.5 Å². The van der Waals surface area contributed by atoms with Crippen LogP contribution in [0, 0.1) is 5.92 Å². The number of hydrogen-bond donors (Lipinski definition) is 1. The molecule has 1 N–H and O–H groups in total. The first kappa shape index (κ1) is 23.5. The molecular weight excluding hydrogens is 477 g/mol. The van der Waals surface area contributed by atoms with E-state index in [1.54, 1.807) is 24.5 Å². The standard InChI is InChI=1S/C26H24ClF3N4O/c27-20-4-1-5-21(13-20)33-9-10-34-23-7-6-19(26(28,29)30)11-18(23)12-22(24(34)16-33)25(35)32-15-17-3-2-8-31-14-17/h1-8,11,13-14,22,24H,9-10,12,15-16H2,(H,32,35). The van der Waals surface area contributed by atoms with Crippen molar-refractivity contribution in [1.82, 2.24) is 10.3 Å². The van der Waals surface area contributed by atoms with Crippen LogP contribution in [0.2, 0.25) is 5.02 Å². The maximum atomic E-state index is 13.4. The van der Waals surface area contributed by atoms with E-state index < -0.39 is 17.7 Å². The van der Waals surface area contributed by atoms with Gasteiger partial charge in [0.1, 0.15) is 0 Å². The van der Waals surface area contributed by atoms with Gasteiger partial charge in [-0.1, -0.05) is 23.7 Å². The molecule has 5 rings (SSSR count). The Morgan fingerprint density at radius 3 is 2.71 bits per heavy atom. The van der Waals surface area contributed by atoms with Crippen molar-refractivity contribution in [3.63, 3.8) is 0 Å².